The molecular formula is C13H15Cl3. The molecule has 0 amide bonds. The zero-order valence-electron chi connectivity index (χ0n) is 9.11. The number of hydrogen-bond acceptors (Lipinski definition) is 0. The van der Waals surface area contributed by atoms with Crippen molar-refractivity contribution in [1.29, 1.82) is 0 Å². The molecule has 1 aromatic rings. The lowest BCUT2D eigenvalue weighted by Crippen LogP contribution is -2.21. The summed E-state index contributed by atoms with van der Waals surface area (Å²) in [5.74, 6) is 0.728. The molecule has 0 N–H and O–H groups in total. The van der Waals surface area contributed by atoms with Crippen molar-refractivity contribution in [1.82, 2.24) is 0 Å². The molecule has 0 nitrogen and oxygen atoms in total. The third-order valence-corrected chi connectivity index (χ3v) is 4.68. The van der Waals surface area contributed by atoms with E-state index in [1.807, 2.05) is 18.2 Å². The molecule has 0 atom stereocenters. The van der Waals surface area contributed by atoms with Crippen LogP contribution in [0.5, 0.6) is 0 Å². The molecule has 0 heterocycles. The fraction of sp³-hybridized carbons (Fsp3) is 0.538. The first-order valence-corrected chi connectivity index (χ1v) is 6.94. The molecule has 0 aliphatic heterocycles. The second-order valence-electron chi connectivity index (χ2n) is 4.75. The van der Waals surface area contributed by atoms with Gasteiger partial charge in [0.15, 0.2) is 0 Å². The van der Waals surface area contributed by atoms with E-state index in [0.29, 0.717) is 5.02 Å². The van der Waals surface area contributed by atoms with Crippen molar-refractivity contribution in [2.45, 2.75) is 32.1 Å². The number of hydrogen-bond donors (Lipinski definition) is 0. The molecule has 0 saturated heterocycles. The predicted molar refractivity (Wildman–Crippen MR) is 71.8 cm³/mol. The zero-order valence-corrected chi connectivity index (χ0v) is 11.4. The maximum atomic E-state index is 6.20. The maximum absolute atomic E-state index is 6.20. The molecule has 1 aliphatic carbocycles. The molecule has 0 unspecified atom stereocenters. The van der Waals surface area contributed by atoms with Gasteiger partial charge in [-0.25, -0.2) is 0 Å². The maximum Gasteiger partial charge on any atom is 0.0453 e. The molecule has 16 heavy (non-hydrogen) atoms. The van der Waals surface area contributed by atoms with Crippen molar-refractivity contribution in [3.05, 3.63) is 33.8 Å². The van der Waals surface area contributed by atoms with Crippen LogP contribution >= 0.6 is 34.8 Å². The van der Waals surface area contributed by atoms with E-state index in [-0.39, 0.29) is 5.41 Å². The van der Waals surface area contributed by atoms with E-state index in [4.69, 9.17) is 34.8 Å². The van der Waals surface area contributed by atoms with Crippen LogP contribution in [0, 0.1) is 5.41 Å². The molecule has 88 valence electrons. The molecule has 2 rings (SSSR count). The van der Waals surface area contributed by atoms with Gasteiger partial charge in [-0.2, -0.15) is 0 Å². The largest absolute Gasteiger partial charge is 0.126 e. The summed E-state index contributed by atoms with van der Waals surface area (Å²) in [5, 5.41) is 1.46. The van der Waals surface area contributed by atoms with Gasteiger partial charge in [0, 0.05) is 15.9 Å². The lowest BCUT2D eigenvalue weighted by Gasteiger charge is -2.26. The van der Waals surface area contributed by atoms with Gasteiger partial charge in [-0.1, -0.05) is 42.1 Å². The van der Waals surface area contributed by atoms with Gasteiger partial charge in [0.05, 0.1) is 0 Å². The Labute approximate surface area is 112 Å². The standard InChI is InChI=1S/C13H15Cl3/c14-9-13(5-1-2-6-13)8-10-3-4-11(15)7-12(10)16/h3-4,7H,1-2,5-6,8-9H2. The number of alkyl halides is 1. The Balaban J connectivity index is 2.19. The summed E-state index contributed by atoms with van der Waals surface area (Å²) in [4.78, 5) is 0. The Morgan fingerprint density at radius 2 is 1.81 bits per heavy atom. The molecule has 0 bridgehead atoms. The van der Waals surface area contributed by atoms with Crippen LogP contribution in [-0.2, 0) is 6.42 Å². The smallest absolute Gasteiger partial charge is 0.0453 e. The van der Waals surface area contributed by atoms with Gasteiger partial charge < -0.3 is 0 Å². The third kappa shape index (κ3) is 2.67. The van der Waals surface area contributed by atoms with E-state index in [0.717, 1.165) is 17.3 Å². The predicted octanol–water partition coefficient (Wildman–Crippen LogP) is 5.34. The Bertz CT molecular complexity index is 367. The quantitative estimate of drug-likeness (QED) is 0.655. The lowest BCUT2D eigenvalue weighted by molar-refractivity contribution is 0.341. The van der Waals surface area contributed by atoms with Crippen LogP contribution in [0.25, 0.3) is 0 Å². The molecule has 3 heteroatoms. The number of halogens is 3. The van der Waals surface area contributed by atoms with Crippen LogP contribution in [0.15, 0.2) is 18.2 Å². The fourth-order valence-electron chi connectivity index (χ4n) is 2.55. The van der Waals surface area contributed by atoms with Gasteiger partial charge in [-0.05, 0) is 42.4 Å². The average Bonchev–Trinajstić information content (AvgIpc) is 2.72. The minimum Gasteiger partial charge on any atom is -0.126 e. The van der Waals surface area contributed by atoms with Crippen LogP contribution in [-0.4, -0.2) is 5.88 Å². The van der Waals surface area contributed by atoms with Crippen LogP contribution in [0.4, 0.5) is 0 Å². The zero-order chi connectivity index (χ0) is 11.6. The minimum atomic E-state index is 0.263. The molecule has 0 spiro atoms. The molecular weight excluding hydrogens is 263 g/mol. The molecule has 0 aromatic heterocycles. The summed E-state index contributed by atoms with van der Waals surface area (Å²) in [6, 6.07) is 5.74. The molecule has 1 aliphatic rings. The van der Waals surface area contributed by atoms with Gasteiger partial charge in [0.1, 0.15) is 0 Å². The monoisotopic (exact) mass is 276 g/mol. The van der Waals surface area contributed by atoms with E-state index in [1.54, 1.807) is 0 Å². The Kier molecular flexibility index (Phi) is 4.05. The Hall–Kier alpha value is 0.0900. The first kappa shape index (κ1) is 12.5. The van der Waals surface area contributed by atoms with Crippen LogP contribution < -0.4 is 0 Å². The van der Waals surface area contributed by atoms with Gasteiger partial charge in [-0.3, -0.25) is 0 Å². The molecule has 1 fully saturated rings. The second-order valence-corrected chi connectivity index (χ2v) is 5.86. The van der Waals surface area contributed by atoms with E-state index >= 15 is 0 Å². The van der Waals surface area contributed by atoms with Gasteiger partial charge in [-0.15, -0.1) is 11.6 Å². The Morgan fingerprint density at radius 1 is 1.12 bits per heavy atom. The van der Waals surface area contributed by atoms with Crippen LogP contribution in [0.1, 0.15) is 31.2 Å². The molecule has 0 radical (unpaired) electrons. The van der Waals surface area contributed by atoms with Crippen molar-refractivity contribution in [2.75, 3.05) is 5.88 Å². The van der Waals surface area contributed by atoms with Crippen molar-refractivity contribution in [2.24, 2.45) is 5.41 Å². The fourth-order valence-corrected chi connectivity index (χ4v) is 3.39. The number of benzene rings is 1. The van der Waals surface area contributed by atoms with E-state index in [1.165, 1.54) is 31.2 Å². The highest BCUT2D eigenvalue weighted by atomic mass is 35.5. The summed E-state index contributed by atoms with van der Waals surface area (Å²) in [6.45, 7) is 0. The molecule has 1 saturated carbocycles. The topological polar surface area (TPSA) is 0 Å². The average molecular weight is 278 g/mol. The van der Waals surface area contributed by atoms with E-state index in [2.05, 4.69) is 0 Å². The first-order chi connectivity index (χ1) is 7.65. The van der Waals surface area contributed by atoms with Crippen LogP contribution in [0.3, 0.4) is 0 Å². The summed E-state index contributed by atoms with van der Waals surface area (Å²) in [6.07, 6.45) is 5.99. The summed E-state index contributed by atoms with van der Waals surface area (Å²) in [5.41, 5.74) is 1.44. The van der Waals surface area contributed by atoms with Crippen molar-refractivity contribution in [3.63, 3.8) is 0 Å². The van der Waals surface area contributed by atoms with Crippen molar-refractivity contribution >= 4 is 34.8 Å². The van der Waals surface area contributed by atoms with Crippen molar-refractivity contribution in [3.8, 4) is 0 Å². The van der Waals surface area contributed by atoms with E-state index in [9.17, 15) is 0 Å². The number of rotatable bonds is 3. The lowest BCUT2D eigenvalue weighted by atomic mass is 9.82. The SMILES string of the molecule is ClCC1(Cc2ccc(Cl)cc2Cl)CCCC1. The van der Waals surface area contributed by atoms with Gasteiger partial charge in [0.25, 0.3) is 0 Å². The first-order valence-electron chi connectivity index (χ1n) is 5.65. The van der Waals surface area contributed by atoms with Crippen LogP contribution in [0.2, 0.25) is 10.0 Å². The third-order valence-electron chi connectivity index (χ3n) is 3.53. The Morgan fingerprint density at radius 3 is 2.38 bits per heavy atom. The highest BCUT2D eigenvalue weighted by Crippen LogP contribution is 2.43. The van der Waals surface area contributed by atoms with Gasteiger partial charge in [0.2, 0.25) is 0 Å². The molecule has 1 aromatic carbocycles. The summed E-state index contributed by atoms with van der Waals surface area (Å²) < 4.78 is 0. The normalized spacial score (nSPS) is 18.9. The summed E-state index contributed by atoms with van der Waals surface area (Å²) in [7, 11) is 0. The highest BCUT2D eigenvalue weighted by molar-refractivity contribution is 6.35. The van der Waals surface area contributed by atoms with Gasteiger partial charge >= 0.3 is 0 Å². The van der Waals surface area contributed by atoms with E-state index < -0.39 is 0 Å². The second kappa shape index (κ2) is 5.16. The minimum absolute atomic E-state index is 0.263. The van der Waals surface area contributed by atoms with Crippen molar-refractivity contribution < 1.29 is 0 Å². The summed E-state index contributed by atoms with van der Waals surface area (Å²) >= 11 is 18.2. The highest BCUT2D eigenvalue weighted by Gasteiger charge is 2.33.